The number of aryl methyl sites for hydroxylation is 1. The molecule has 1 fully saturated rings. The Bertz CT molecular complexity index is 1610. The lowest BCUT2D eigenvalue weighted by Crippen LogP contribution is -2.41. The SMILES string of the molecule is COCCO[C@H]1[C@@H](O)[C@H](COC(c2ccccc2)(c2ccc(OC)cc2)c2ccc(OC)cc2)O[C@H]1n1cc(C)c(=O)[nH]c1=O. The van der Waals surface area contributed by atoms with E-state index in [1.165, 1.54) is 17.9 Å². The van der Waals surface area contributed by atoms with Crippen molar-refractivity contribution < 1.29 is 33.5 Å². The number of nitrogens with zero attached hydrogens (tertiary/aromatic N) is 1. The average Bonchev–Trinajstić information content (AvgIpc) is 3.38. The van der Waals surface area contributed by atoms with E-state index in [0.717, 1.165) is 16.7 Å². The molecule has 0 unspecified atom stereocenters. The van der Waals surface area contributed by atoms with E-state index >= 15 is 0 Å². The Morgan fingerprint density at radius 1 is 0.844 bits per heavy atom. The van der Waals surface area contributed by atoms with Crippen molar-refractivity contribution in [1.82, 2.24) is 9.55 Å². The van der Waals surface area contributed by atoms with Crippen molar-refractivity contribution in [1.29, 1.82) is 0 Å². The summed E-state index contributed by atoms with van der Waals surface area (Å²) in [5, 5.41) is 11.5. The predicted molar refractivity (Wildman–Crippen MR) is 166 cm³/mol. The van der Waals surface area contributed by atoms with Crippen molar-refractivity contribution >= 4 is 0 Å². The summed E-state index contributed by atoms with van der Waals surface area (Å²) in [7, 11) is 4.75. The van der Waals surface area contributed by atoms with Crippen molar-refractivity contribution in [3.8, 4) is 11.5 Å². The van der Waals surface area contributed by atoms with E-state index in [-0.39, 0.29) is 19.8 Å². The van der Waals surface area contributed by atoms with Crippen LogP contribution in [0.3, 0.4) is 0 Å². The second kappa shape index (κ2) is 14.2. The molecule has 2 N–H and O–H groups in total. The highest BCUT2D eigenvalue weighted by Gasteiger charge is 2.48. The summed E-state index contributed by atoms with van der Waals surface area (Å²) >= 11 is 0. The summed E-state index contributed by atoms with van der Waals surface area (Å²) in [5.74, 6) is 1.37. The summed E-state index contributed by atoms with van der Waals surface area (Å²) in [6.45, 7) is 1.91. The van der Waals surface area contributed by atoms with Gasteiger partial charge in [0.1, 0.15) is 35.4 Å². The molecule has 0 saturated carbocycles. The molecule has 0 amide bonds. The maximum Gasteiger partial charge on any atom is 0.330 e. The van der Waals surface area contributed by atoms with Crippen molar-refractivity contribution in [2.45, 2.75) is 37.1 Å². The zero-order valence-corrected chi connectivity index (χ0v) is 25.7. The molecule has 4 atom stereocenters. The van der Waals surface area contributed by atoms with Gasteiger partial charge in [-0.2, -0.15) is 0 Å². The number of hydrogen-bond acceptors (Lipinski definition) is 9. The first kappa shape index (κ1) is 32.1. The van der Waals surface area contributed by atoms with E-state index in [4.69, 9.17) is 28.4 Å². The zero-order valence-electron chi connectivity index (χ0n) is 25.7. The summed E-state index contributed by atoms with van der Waals surface area (Å²) < 4.78 is 36.4. The van der Waals surface area contributed by atoms with Crippen LogP contribution in [0.25, 0.3) is 0 Å². The Labute approximate surface area is 260 Å². The van der Waals surface area contributed by atoms with E-state index < -0.39 is 41.4 Å². The number of methoxy groups -OCH3 is 3. The van der Waals surface area contributed by atoms with Crippen LogP contribution in [0.2, 0.25) is 0 Å². The molecule has 238 valence electrons. The lowest BCUT2D eigenvalue weighted by Gasteiger charge is -2.37. The summed E-state index contributed by atoms with van der Waals surface area (Å²) in [6.07, 6.45) is -2.70. The normalized spacial score (nSPS) is 19.8. The molecule has 4 aromatic rings. The third-order valence-electron chi connectivity index (χ3n) is 7.97. The minimum absolute atomic E-state index is 0.0914. The first-order valence-corrected chi connectivity index (χ1v) is 14.6. The summed E-state index contributed by atoms with van der Waals surface area (Å²) in [6, 6.07) is 24.9. The third kappa shape index (κ3) is 6.58. The maximum absolute atomic E-state index is 12.9. The van der Waals surface area contributed by atoms with E-state index in [1.54, 1.807) is 21.1 Å². The maximum atomic E-state index is 12.9. The van der Waals surface area contributed by atoms with Gasteiger partial charge in [0, 0.05) is 18.9 Å². The van der Waals surface area contributed by atoms with Crippen LogP contribution in [-0.2, 0) is 24.5 Å². The van der Waals surface area contributed by atoms with Crippen molar-refractivity contribution in [3.63, 3.8) is 0 Å². The molecule has 3 aromatic carbocycles. The van der Waals surface area contributed by atoms with Crippen molar-refractivity contribution in [2.24, 2.45) is 0 Å². The van der Waals surface area contributed by atoms with Crippen molar-refractivity contribution in [3.05, 3.63) is 128 Å². The Hall–Kier alpha value is -4.26. The molecule has 11 nitrogen and oxygen atoms in total. The molecule has 0 aliphatic carbocycles. The van der Waals surface area contributed by atoms with Gasteiger partial charge in [0.2, 0.25) is 0 Å². The van der Waals surface area contributed by atoms with Gasteiger partial charge in [-0.3, -0.25) is 14.3 Å². The first-order chi connectivity index (χ1) is 21.8. The lowest BCUT2D eigenvalue weighted by molar-refractivity contribution is -0.0994. The number of aromatic amines is 1. The van der Waals surface area contributed by atoms with Gasteiger partial charge in [-0.1, -0.05) is 54.6 Å². The molecule has 0 spiro atoms. The highest BCUT2D eigenvalue weighted by atomic mass is 16.6. The highest BCUT2D eigenvalue weighted by molar-refractivity contribution is 5.49. The molecule has 1 aliphatic rings. The van der Waals surface area contributed by atoms with Crippen LogP contribution in [0.4, 0.5) is 0 Å². The van der Waals surface area contributed by atoms with Gasteiger partial charge >= 0.3 is 5.69 Å². The average molecular weight is 619 g/mol. The first-order valence-electron chi connectivity index (χ1n) is 14.6. The molecule has 1 aromatic heterocycles. The van der Waals surface area contributed by atoms with Crippen LogP contribution in [0, 0.1) is 6.92 Å². The largest absolute Gasteiger partial charge is 0.497 e. The highest BCUT2D eigenvalue weighted by Crippen LogP contribution is 2.43. The predicted octanol–water partition coefficient (Wildman–Crippen LogP) is 3.16. The van der Waals surface area contributed by atoms with Crippen molar-refractivity contribution in [2.75, 3.05) is 41.2 Å². The van der Waals surface area contributed by atoms with Crippen LogP contribution < -0.4 is 20.7 Å². The molecular formula is C34H38N2O9. The number of nitrogens with one attached hydrogen (secondary N) is 1. The van der Waals surface area contributed by atoms with Crippen LogP contribution >= 0.6 is 0 Å². The minimum Gasteiger partial charge on any atom is -0.497 e. The molecule has 11 heteroatoms. The molecule has 1 aliphatic heterocycles. The second-order valence-electron chi connectivity index (χ2n) is 10.7. The quantitative estimate of drug-likeness (QED) is 0.171. The standard InChI is InChI=1S/C34H38N2O9/c1-22-20-36(33(39)35-31(22)38)32-30(43-19-18-40-2)29(37)28(45-32)21-44-34(23-8-6-5-7-9-23,24-10-14-26(41-3)15-11-24)25-12-16-27(42-4)17-13-25/h5-17,20,28-30,32,37H,18-19,21H2,1-4H3,(H,35,38,39)/t28-,29-,30-,32+/m0/s1. The fraction of sp³-hybridized carbons (Fsp3) is 0.353. The Morgan fingerprint density at radius 3 is 1.98 bits per heavy atom. The molecular weight excluding hydrogens is 580 g/mol. The van der Waals surface area contributed by atoms with Crippen LogP contribution in [0.15, 0.2) is 94.6 Å². The fourth-order valence-corrected chi connectivity index (χ4v) is 5.58. The topological polar surface area (TPSA) is 130 Å². The number of aliphatic hydroxyl groups excluding tert-OH is 1. The van der Waals surface area contributed by atoms with E-state index in [0.29, 0.717) is 17.1 Å². The van der Waals surface area contributed by atoms with Gasteiger partial charge in [0.15, 0.2) is 6.23 Å². The molecule has 2 heterocycles. The monoisotopic (exact) mass is 618 g/mol. The molecule has 0 bridgehead atoms. The number of aromatic nitrogens is 2. The van der Waals surface area contributed by atoms with Gasteiger partial charge < -0.3 is 33.5 Å². The molecule has 45 heavy (non-hydrogen) atoms. The van der Waals surface area contributed by atoms with Gasteiger partial charge in [0.05, 0.1) is 34.0 Å². The fourth-order valence-electron chi connectivity index (χ4n) is 5.58. The molecule has 5 rings (SSSR count). The summed E-state index contributed by atoms with van der Waals surface area (Å²) in [5.41, 5.74) is 0.430. The minimum atomic E-state index is -1.19. The van der Waals surface area contributed by atoms with Gasteiger partial charge in [0.25, 0.3) is 5.56 Å². The van der Waals surface area contributed by atoms with Crippen LogP contribution in [0.1, 0.15) is 28.5 Å². The van der Waals surface area contributed by atoms with Gasteiger partial charge in [-0.15, -0.1) is 0 Å². The second-order valence-corrected chi connectivity index (χ2v) is 10.7. The lowest BCUT2D eigenvalue weighted by atomic mass is 9.80. The zero-order chi connectivity index (χ0) is 32.0. The molecule has 0 radical (unpaired) electrons. The number of aliphatic hydroxyl groups is 1. The van der Waals surface area contributed by atoms with E-state index in [2.05, 4.69) is 4.98 Å². The van der Waals surface area contributed by atoms with E-state index in [9.17, 15) is 14.7 Å². The summed E-state index contributed by atoms with van der Waals surface area (Å²) in [4.78, 5) is 27.2. The van der Waals surface area contributed by atoms with Gasteiger partial charge in [-0.25, -0.2) is 4.79 Å². The number of hydrogen-bond donors (Lipinski definition) is 2. The van der Waals surface area contributed by atoms with E-state index in [1.807, 2.05) is 78.9 Å². The van der Waals surface area contributed by atoms with Crippen LogP contribution in [-0.4, -0.2) is 74.1 Å². The molecule has 1 saturated heterocycles. The number of rotatable bonds is 13. The smallest absolute Gasteiger partial charge is 0.330 e. The van der Waals surface area contributed by atoms with Gasteiger partial charge in [-0.05, 0) is 47.9 Å². The van der Waals surface area contributed by atoms with Crippen LogP contribution in [0.5, 0.6) is 11.5 Å². The third-order valence-corrected chi connectivity index (χ3v) is 7.97. The Morgan fingerprint density at radius 2 is 1.42 bits per heavy atom. The Balaban J connectivity index is 1.56. The number of benzene rings is 3. The number of ether oxygens (including phenoxy) is 6. The Kier molecular flexibility index (Phi) is 10.2. The number of H-pyrrole nitrogens is 1.